The molecule has 3 heteroatoms. The van der Waals surface area contributed by atoms with E-state index in [-0.39, 0.29) is 5.91 Å². The van der Waals surface area contributed by atoms with Gasteiger partial charge in [-0.05, 0) is 36.5 Å². The summed E-state index contributed by atoms with van der Waals surface area (Å²) in [6.07, 6.45) is 5.56. The van der Waals surface area contributed by atoms with Crippen LogP contribution < -0.4 is 5.32 Å². The van der Waals surface area contributed by atoms with Crippen LogP contribution in [0.4, 0.5) is 0 Å². The molecule has 0 spiro atoms. The van der Waals surface area contributed by atoms with Crippen LogP contribution in [0.3, 0.4) is 0 Å². The van der Waals surface area contributed by atoms with Crippen molar-refractivity contribution in [1.29, 1.82) is 0 Å². The number of carbonyl (C=O) groups excluding carboxylic acids is 1. The average Bonchev–Trinajstić information content (AvgIpc) is 2.58. The highest BCUT2D eigenvalue weighted by atomic mass is 79.9. The van der Waals surface area contributed by atoms with Gasteiger partial charge in [0.2, 0.25) is 0 Å². The van der Waals surface area contributed by atoms with Gasteiger partial charge in [-0.2, -0.15) is 0 Å². The molecule has 98 valence electrons. The molecule has 0 saturated heterocycles. The fourth-order valence-corrected chi connectivity index (χ4v) is 2.95. The lowest BCUT2D eigenvalue weighted by Gasteiger charge is -2.12. The second-order valence-electron chi connectivity index (χ2n) is 4.89. The van der Waals surface area contributed by atoms with Gasteiger partial charge < -0.3 is 5.32 Å². The number of hydrogen-bond donors (Lipinski definition) is 1. The molecule has 0 radical (unpaired) electrons. The lowest BCUT2D eigenvalue weighted by atomic mass is 9.98. The maximum absolute atomic E-state index is 12.0. The van der Waals surface area contributed by atoms with Gasteiger partial charge in [-0.1, -0.05) is 47.8 Å². The van der Waals surface area contributed by atoms with E-state index in [9.17, 15) is 4.79 Å². The lowest BCUT2D eigenvalue weighted by Crippen LogP contribution is -2.22. The van der Waals surface area contributed by atoms with E-state index in [1.54, 1.807) is 0 Å². The van der Waals surface area contributed by atoms with Crippen LogP contribution in [0.15, 0.2) is 18.2 Å². The molecule has 1 aliphatic heterocycles. The Bertz CT molecular complexity index is 431. The number of benzene rings is 1. The van der Waals surface area contributed by atoms with E-state index in [1.165, 1.54) is 24.0 Å². The Morgan fingerprint density at radius 3 is 3.06 bits per heavy atom. The molecule has 1 aromatic carbocycles. The summed E-state index contributed by atoms with van der Waals surface area (Å²) in [4.78, 5) is 12.3. The van der Waals surface area contributed by atoms with E-state index >= 15 is 0 Å². The summed E-state index contributed by atoms with van der Waals surface area (Å²) >= 11 is 3.72. The molecule has 2 rings (SSSR count). The van der Waals surface area contributed by atoms with E-state index in [4.69, 9.17) is 0 Å². The Morgan fingerprint density at radius 2 is 2.28 bits per heavy atom. The number of carbonyl (C=O) groups is 1. The van der Waals surface area contributed by atoms with Crippen molar-refractivity contribution >= 4 is 21.8 Å². The first kappa shape index (κ1) is 13.6. The number of hydrogen-bond acceptors (Lipinski definition) is 1. The number of halogens is 1. The highest BCUT2D eigenvalue weighted by molar-refractivity contribution is 9.09. The molecule has 0 fully saturated rings. The molecule has 18 heavy (non-hydrogen) atoms. The van der Waals surface area contributed by atoms with Crippen molar-refractivity contribution in [2.45, 2.75) is 43.9 Å². The molecule has 1 heterocycles. The summed E-state index contributed by atoms with van der Waals surface area (Å²) in [5, 5.41) is 2.96. The highest BCUT2D eigenvalue weighted by Gasteiger charge is 2.17. The third-order valence-corrected chi connectivity index (χ3v) is 4.45. The molecule has 2 nitrogen and oxygen atoms in total. The number of rotatable bonds is 4. The molecular formula is C15H20BrNO. The quantitative estimate of drug-likeness (QED) is 0.837. The molecule has 0 aromatic heterocycles. The van der Waals surface area contributed by atoms with Crippen LogP contribution in [0.1, 0.15) is 58.9 Å². The summed E-state index contributed by atoms with van der Waals surface area (Å²) in [6, 6.07) is 6.34. The van der Waals surface area contributed by atoms with Gasteiger partial charge in [-0.15, -0.1) is 0 Å². The van der Waals surface area contributed by atoms with E-state index in [0.717, 1.165) is 31.4 Å². The van der Waals surface area contributed by atoms with Crippen molar-refractivity contribution in [2.75, 3.05) is 6.54 Å². The van der Waals surface area contributed by atoms with Crippen LogP contribution in [0.25, 0.3) is 0 Å². The molecule has 0 bridgehead atoms. The Labute approximate surface area is 117 Å². The van der Waals surface area contributed by atoms with Crippen LogP contribution in [0.5, 0.6) is 0 Å². The third kappa shape index (κ3) is 3.14. The minimum atomic E-state index is 0.0829. The van der Waals surface area contributed by atoms with Crippen molar-refractivity contribution in [3.8, 4) is 0 Å². The van der Waals surface area contributed by atoms with Crippen molar-refractivity contribution < 1.29 is 4.79 Å². The van der Waals surface area contributed by atoms with Crippen molar-refractivity contribution in [1.82, 2.24) is 5.32 Å². The smallest absolute Gasteiger partial charge is 0.251 e. The Kier molecular flexibility index (Phi) is 4.81. The van der Waals surface area contributed by atoms with Gasteiger partial charge in [0.25, 0.3) is 5.91 Å². The summed E-state index contributed by atoms with van der Waals surface area (Å²) in [6.45, 7) is 2.99. The Hall–Kier alpha value is -0.830. The van der Waals surface area contributed by atoms with E-state index in [0.29, 0.717) is 4.83 Å². The van der Waals surface area contributed by atoms with Gasteiger partial charge in [0, 0.05) is 16.9 Å². The maximum Gasteiger partial charge on any atom is 0.251 e. The first-order chi connectivity index (χ1) is 8.72. The van der Waals surface area contributed by atoms with Gasteiger partial charge in [0.1, 0.15) is 0 Å². The second-order valence-corrected chi connectivity index (χ2v) is 5.99. The summed E-state index contributed by atoms with van der Waals surface area (Å²) in [5.41, 5.74) is 3.27. The monoisotopic (exact) mass is 309 g/mol. The number of alkyl halides is 1. The van der Waals surface area contributed by atoms with Crippen LogP contribution in [-0.2, 0) is 6.42 Å². The fraction of sp³-hybridized carbons (Fsp3) is 0.533. The topological polar surface area (TPSA) is 29.1 Å². The first-order valence-electron chi connectivity index (χ1n) is 6.77. The second kappa shape index (κ2) is 6.37. The summed E-state index contributed by atoms with van der Waals surface area (Å²) in [7, 11) is 0. The molecular weight excluding hydrogens is 290 g/mol. The van der Waals surface area contributed by atoms with Gasteiger partial charge >= 0.3 is 0 Å². The van der Waals surface area contributed by atoms with Crippen molar-refractivity contribution in [3.05, 3.63) is 34.9 Å². The predicted octanol–water partition coefficient (Wildman–Crippen LogP) is 3.99. The minimum absolute atomic E-state index is 0.0829. The molecule has 1 aliphatic rings. The zero-order valence-corrected chi connectivity index (χ0v) is 12.4. The SMILES string of the molecule is CCCCC(Br)c1ccc2c(c1)C(=O)NCCC2. The predicted molar refractivity (Wildman–Crippen MR) is 78.3 cm³/mol. The van der Waals surface area contributed by atoms with Gasteiger partial charge in [-0.3, -0.25) is 4.79 Å². The number of nitrogens with one attached hydrogen (secondary N) is 1. The number of unbranched alkanes of at least 4 members (excludes halogenated alkanes) is 1. The maximum atomic E-state index is 12.0. The van der Waals surface area contributed by atoms with Crippen LogP contribution in [0.2, 0.25) is 0 Å². The van der Waals surface area contributed by atoms with Gasteiger partial charge in [0.05, 0.1) is 0 Å². The van der Waals surface area contributed by atoms with Crippen molar-refractivity contribution in [3.63, 3.8) is 0 Å². The first-order valence-corrected chi connectivity index (χ1v) is 7.69. The molecule has 0 saturated carbocycles. The van der Waals surface area contributed by atoms with Crippen LogP contribution >= 0.6 is 15.9 Å². The van der Waals surface area contributed by atoms with Crippen LogP contribution in [0, 0.1) is 0 Å². The average molecular weight is 310 g/mol. The van der Waals surface area contributed by atoms with Crippen molar-refractivity contribution in [2.24, 2.45) is 0 Å². The highest BCUT2D eigenvalue weighted by Crippen LogP contribution is 2.30. The molecule has 1 aromatic rings. The minimum Gasteiger partial charge on any atom is -0.352 e. The molecule has 0 aliphatic carbocycles. The Balaban J connectivity index is 2.22. The van der Waals surface area contributed by atoms with E-state index in [1.807, 2.05) is 0 Å². The van der Waals surface area contributed by atoms with Crippen LogP contribution in [-0.4, -0.2) is 12.5 Å². The normalized spacial score (nSPS) is 16.7. The van der Waals surface area contributed by atoms with E-state index < -0.39 is 0 Å². The Morgan fingerprint density at radius 1 is 1.44 bits per heavy atom. The zero-order valence-electron chi connectivity index (χ0n) is 10.8. The lowest BCUT2D eigenvalue weighted by molar-refractivity contribution is 0.0956. The number of aryl methyl sites for hydroxylation is 1. The fourth-order valence-electron chi connectivity index (χ4n) is 2.34. The third-order valence-electron chi connectivity index (χ3n) is 3.46. The van der Waals surface area contributed by atoms with Gasteiger partial charge in [0.15, 0.2) is 0 Å². The van der Waals surface area contributed by atoms with E-state index in [2.05, 4.69) is 46.4 Å². The number of fused-ring (bicyclic) bond motifs is 1. The van der Waals surface area contributed by atoms with Gasteiger partial charge in [-0.25, -0.2) is 0 Å². The molecule has 1 N–H and O–H groups in total. The molecule has 1 amide bonds. The standard InChI is InChI=1S/C15H20BrNO/c1-2-3-6-14(16)12-8-7-11-5-4-9-17-15(18)13(11)10-12/h7-8,10,14H,2-6,9H2,1H3,(H,17,18). The summed E-state index contributed by atoms with van der Waals surface area (Å²) in [5.74, 6) is 0.0829. The zero-order chi connectivity index (χ0) is 13.0. The molecule has 1 atom stereocenters. The summed E-state index contributed by atoms with van der Waals surface area (Å²) < 4.78 is 0. The largest absolute Gasteiger partial charge is 0.352 e. The molecule has 1 unspecified atom stereocenters. The number of amides is 1.